The van der Waals surface area contributed by atoms with E-state index >= 15 is 0 Å². The van der Waals surface area contributed by atoms with Crippen molar-refractivity contribution in [2.75, 3.05) is 0 Å². The van der Waals surface area contributed by atoms with Crippen molar-refractivity contribution in [2.24, 2.45) is 0 Å². The molecule has 0 N–H and O–H groups in total. The van der Waals surface area contributed by atoms with Gasteiger partial charge >= 0.3 is 0 Å². The zero-order chi connectivity index (χ0) is 40.3. The van der Waals surface area contributed by atoms with E-state index in [1.807, 2.05) is 24.3 Å². The maximum Gasteiger partial charge on any atom is 0.164 e. The van der Waals surface area contributed by atoms with Crippen LogP contribution in [0.4, 0.5) is 0 Å². The average molecular weight is 777 g/mol. The quantitative estimate of drug-likeness (QED) is 0.169. The molecule has 0 bridgehead atoms. The molecule has 0 unspecified atom stereocenters. The maximum absolute atomic E-state index is 5.29. The minimum absolute atomic E-state index is 0.622. The number of aromatic nitrogens is 4. The summed E-state index contributed by atoms with van der Waals surface area (Å²) in [5.41, 5.74) is 10.8. The molecular formula is C57H36N4. The summed E-state index contributed by atoms with van der Waals surface area (Å²) in [7, 11) is 0. The van der Waals surface area contributed by atoms with E-state index in [0.717, 1.165) is 60.9 Å². The lowest BCUT2D eigenvalue weighted by Gasteiger charge is -2.17. The standard InChI is InChI=1S/C57H36N4/c1-4-14-37(15-5-1)39-24-26-41(27-25-39)56-58-55(40-18-8-3-9-19-40)59-57(60-56)48-30-31-52(47-29-28-46(32-49(47)48)38-16-6-2-7-17-38)61-53-35-44-22-12-10-20-42(44)33-50(53)51-34-43-21-11-13-23-45(43)36-54(51)61/h1-36H. The van der Waals surface area contributed by atoms with Crippen molar-refractivity contribution >= 4 is 54.1 Å². The van der Waals surface area contributed by atoms with Gasteiger partial charge in [-0.15, -0.1) is 0 Å². The molecule has 0 spiro atoms. The van der Waals surface area contributed by atoms with Gasteiger partial charge in [0.15, 0.2) is 17.5 Å². The Morgan fingerprint density at radius 1 is 0.262 bits per heavy atom. The summed E-state index contributed by atoms with van der Waals surface area (Å²) in [5, 5.41) is 9.49. The van der Waals surface area contributed by atoms with Gasteiger partial charge in [0, 0.05) is 32.8 Å². The first kappa shape index (κ1) is 34.8. The Hall–Kier alpha value is -8.21. The first-order chi connectivity index (χ1) is 30.2. The van der Waals surface area contributed by atoms with E-state index in [1.165, 1.54) is 37.9 Å². The number of benzene rings is 10. The normalized spacial score (nSPS) is 11.6. The van der Waals surface area contributed by atoms with Crippen LogP contribution in [-0.4, -0.2) is 19.5 Å². The van der Waals surface area contributed by atoms with Crippen LogP contribution in [0.1, 0.15) is 0 Å². The molecule has 0 fully saturated rings. The highest BCUT2D eigenvalue weighted by molar-refractivity contribution is 6.18. The van der Waals surface area contributed by atoms with Gasteiger partial charge in [-0.3, -0.25) is 0 Å². The fraction of sp³-hybridized carbons (Fsp3) is 0. The molecule has 10 aromatic carbocycles. The Kier molecular flexibility index (Phi) is 8.13. The topological polar surface area (TPSA) is 43.6 Å². The van der Waals surface area contributed by atoms with Crippen molar-refractivity contribution in [3.63, 3.8) is 0 Å². The Bertz CT molecular complexity index is 3520. The lowest BCUT2D eigenvalue weighted by Crippen LogP contribution is -2.02. The molecule has 0 aliphatic carbocycles. The van der Waals surface area contributed by atoms with Crippen molar-refractivity contribution in [3.8, 4) is 62.1 Å². The van der Waals surface area contributed by atoms with Crippen LogP contribution in [0.2, 0.25) is 0 Å². The Morgan fingerprint density at radius 2 is 0.672 bits per heavy atom. The minimum atomic E-state index is 0.622. The molecule has 284 valence electrons. The van der Waals surface area contributed by atoms with Gasteiger partial charge in [-0.05, 0) is 91.6 Å². The van der Waals surface area contributed by atoms with Crippen LogP contribution < -0.4 is 0 Å². The highest BCUT2D eigenvalue weighted by atomic mass is 15.0. The zero-order valence-corrected chi connectivity index (χ0v) is 33.1. The number of nitrogens with zero attached hydrogens (tertiary/aromatic N) is 4. The first-order valence-electron chi connectivity index (χ1n) is 20.7. The molecule has 0 amide bonds. The van der Waals surface area contributed by atoms with Crippen LogP contribution in [-0.2, 0) is 0 Å². The summed E-state index contributed by atoms with van der Waals surface area (Å²) in [6.45, 7) is 0. The smallest absolute Gasteiger partial charge is 0.164 e. The molecule has 4 nitrogen and oxygen atoms in total. The number of hydrogen-bond donors (Lipinski definition) is 0. The Morgan fingerprint density at radius 3 is 1.23 bits per heavy atom. The second kappa shape index (κ2) is 14.3. The van der Waals surface area contributed by atoms with Crippen LogP contribution in [0.5, 0.6) is 0 Å². The summed E-state index contributed by atoms with van der Waals surface area (Å²) in [4.78, 5) is 15.6. The Balaban J connectivity index is 1.13. The van der Waals surface area contributed by atoms with E-state index in [0.29, 0.717) is 17.5 Å². The van der Waals surface area contributed by atoms with Crippen molar-refractivity contribution in [1.29, 1.82) is 0 Å². The average Bonchev–Trinajstić information content (AvgIpc) is 3.64. The number of hydrogen-bond acceptors (Lipinski definition) is 3. The van der Waals surface area contributed by atoms with E-state index in [9.17, 15) is 0 Å². The maximum atomic E-state index is 5.29. The molecule has 2 aromatic heterocycles. The Labute approximate surface area is 352 Å². The van der Waals surface area contributed by atoms with Gasteiger partial charge in [-0.25, -0.2) is 15.0 Å². The third-order valence-corrected chi connectivity index (χ3v) is 12.0. The van der Waals surface area contributed by atoms with Crippen molar-refractivity contribution in [1.82, 2.24) is 19.5 Å². The zero-order valence-electron chi connectivity index (χ0n) is 33.1. The van der Waals surface area contributed by atoms with Crippen molar-refractivity contribution in [2.45, 2.75) is 0 Å². The van der Waals surface area contributed by atoms with Gasteiger partial charge in [-0.1, -0.05) is 176 Å². The molecule has 0 atom stereocenters. The van der Waals surface area contributed by atoms with Crippen molar-refractivity contribution < 1.29 is 0 Å². The van der Waals surface area contributed by atoms with Crippen molar-refractivity contribution in [3.05, 3.63) is 218 Å². The molecule has 0 aliphatic heterocycles. The van der Waals surface area contributed by atoms with Gasteiger partial charge in [0.1, 0.15) is 0 Å². The molecule has 0 saturated carbocycles. The molecule has 0 saturated heterocycles. The molecule has 0 radical (unpaired) electrons. The highest BCUT2D eigenvalue weighted by Crippen LogP contribution is 2.42. The minimum Gasteiger partial charge on any atom is -0.309 e. The van der Waals surface area contributed by atoms with Gasteiger partial charge in [-0.2, -0.15) is 0 Å². The largest absolute Gasteiger partial charge is 0.309 e. The fourth-order valence-corrected chi connectivity index (χ4v) is 8.96. The van der Waals surface area contributed by atoms with Crippen LogP contribution in [0.3, 0.4) is 0 Å². The lowest BCUT2D eigenvalue weighted by molar-refractivity contribution is 1.08. The summed E-state index contributed by atoms with van der Waals surface area (Å²) < 4.78 is 2.46. The summed E-state index contributed by atoms with van der Waals surface area (Å²) in [6.07, 6.45) is 0. The summed E-state index contributed by atoms with van der Waals surface area (Å²) >= 11 is 0. The third kappa shape index (κ3) is 6.04. The highest BCUT2D eigenvalue weighted by Gasteiger charge is 2.20. The molecule has 0 aliphatic rings. The van der Waals surface area contributed by atoms with Crippen LogP contribution >= 0.6 is 0 Å². The second-order valence-corrected chi connectivity index (χ2v) is 15.6. The van der Waals surface area contributed by atoms with Crippen LogP contribution in [0.25, 0.3) is 116 Å². The van der Waals surface area contributed by atoms with E-state index in [1.54, 1.807) is 0 Å². The van der Waals surface area contributed by atoms with E-state index in [4.69, 9.17) is 15.0 Å². The van der Waals surface area contributed by atoms with E-state index < -0.39 is 0 Å². The third-order valence-electron chi connectivity index (χ3n) is 12.0. The van der Waals surface area contributed by atoms with E-state index in [2.05, 4.69) is 199 Å². The number of rotatable bonds is 6. The molecule has 61 heavy (non-hydrogen) atoms. The SMILES string of the molecule is c1ccc(-c2ccc(-c3nc(-c4ccccc4)nc(-c4ccc(-n5c6cc7ccccc7cc6c6cc7ccccc7cc65)c5ccc(-c6ccccc6)cc45)n3)cc2)cc1. The summed E-state index contributed by atoms with van der Waals surface area (Å²) in [6, 6.07) is 77.7. The van der Waals surface area contributed by atoms with Crippen LogP contribution in [0, 0.1) is 0 Å². The molecular weight excluding hydrogens is 741 g/mol. The molecule has 12 rings (SSSR count). The molecule has 2 heterocycles. The number of fused-ring (bicyclic) bond motifs is 6. The van der Waals surface area contributed by atoms with Gasteiger partial charge in [0.2, 0.25) is 0 Å². The first-order valence-corrected chi connectivity index (χ1v) is 20.7. The predicted octanol–water partition coefficient (Wildman–Crippen LogP) is 14.8. The fourth-order valence-electron chi connectivity index (χ4n) is 8.96. The lowest BCUT2D eigenvalue weighted by atomic mass is 9.96. The summed E-state index contributed by atoms with van der Waals surface area (Å²) in [5.74, 6) is 1.88. The van der Waals surface area contributed by atoms with Gasteiger partial charge in [0.05, 0.1) is 16.7 Å². The molecule has 12 aromatic rings. The van der Waals surface area contributed by atoms with Crippen LogP contribution in [0.15, 0.2) is 218 Å². The van der Waals surface area contributed by atoms with Gasteiger partial charge < -0.3 is 4.57 Å². The van der Waals surface area contributed by atoms with E-state index in [-0.39, 0.29) is 0 Å². The van der Waals surface area contributed by atoms with Gasteiger partial charge in [0.25, 0.3) is 0 Å². The second-order valence-electron chi connectivity index (χ2n) is 15.6. The molecule has 4 heteroatoms. The monoisotopic (exact) mass is 776 g/mol. The predicted molar refractivity (Wildman–Crippen MR) is 254 cm³/mol.